The number of hydrogen-bond donors (Lipinski definition) is 0. The Bertz CT molecular complexity index is 650. The summed E-state index contributed by atoms with van der Waals surface area (Å²) in [6.07, 6.45) is 1.62. The maximum Gasteiger partial charge on any atom is 0.226 e. The molecule has 0 radical (unpaired) electrons. The Labute approximate surface area is 147 Å². The summed E-state index contributed by atoms with van der Waals surface area (Å²) >= 11 is 1.69. The fourth-order valence-corrected chi connectivity index (χ4v) is 3.76. The van der Waals surface area contributed by atoms with E-state index >= 15 is 0 Å². The van der Waals surface area contributed by atoms with Crippen LogP contribution in [0.3, 0.4) is 0 Å². The number of carbonyl (C=O) groups is 1. The van der Waals surface area contributed by atoms with Crippen molar-refractivity contribution in [3.05, 3.63) is 52.2 Å². The van der Waals surface area contributed by atoms with Crippen LogP contribution in [0.1, 0.15) is 23.3 Å². The molecule has 2 heterocycles. The molecule has 1 fully saturated rings. The SMILES string of the molecule is COc1ccccc1CN(Cc1cccs1)C(=O)C1CCOCC1. The summed E-state index contributed by atoms with van der Waals surface area (Å²) in [5.41, 5.74) is 1.04. The summed E-state index contributed by atoms with van der Waals surface area (Å²) < 4.78 is 10.9. The Morgan fingerprint density at radius 2 is 2.00 bits per heavy atom. The van der Waals surface area contributed by atoms with Crippen LogP contribution in [0.4, 0.5) is 0 Å². The molecular formula is C19H23NO3S. The van der Waals surface area contributed by atoms with Crippen LogP contribution in [-0.2, 0) is 22.6 Å². The van der Waals surface area contributed by atoms with Gasteiger partial charge in [-0.05, 0) is 30.4 Å². The molecule has 0 bridgehead atoms. The predicted octanol–water partition coefficient (Wildman–Crippen LogP) is 3.71. The van der Waals surface area contributed by atoms with Gasteiger partial charge in [0.25, 0.3) is 0 Å². The third kappa shape index (κ3) is 4.16. The number of amides is 1. The van der Waals surface area contributed by atoms with E-state index in [-0.39, 0.29) is 11.8 Å². The minimum atomic E-state index is 0.0634. The highest BCUT2D eigenvalue weighted by Crippen LogP contribution is 2.25. The molecule has 0 unspecified atom stereocenters. The second-order valence-electron chi connectivity index (χ2n) is 5.97. The Hall–Kier alpha value is -1.85. The van der Waals surface area contributed by atoms with E-state index in [1.165, 1.54) is 4.88 Å². The first-order valence-corrected chi connectivity index (χ1v) is 9.16. The van der Waals surface area contributed by atoms with Crippen molar-refractivity contribution in [2.24, 2.45) is 5.92 Å². The Morgan fingerprint density at radius 3 is 2.71 bits per heavy atom. The Balaban J connectivity index is 1.79. The molecule has 5 heteroatoms. The van der Waals surface area contributed by atoms with Crippen molar-refractivity contribution in [2.75, 3.05) is 20.3 Å². The molecule has 1 amide bonds. The fourth-order valence-electron chi connectivity index (χ4n) is 3.04. The zero-order chi connectivity index (χ0) is 16.8. The minimum Gasteiger partial charge on any atom is -0.496 e. The fraction of sp³-hybridized carbons (Fsp3) is 0.421. The Kier molecular flexibility index (Phi) is 5.88. The van der Waals surface area contributed by atoms with Crippen molar-refractivity contribution >= 4 is 17.2 Å². The summed E-state index contributed by atoms with van der Waals surface area (Å²) in [7, 11) is 1.67. The van der Waals surface area contributed by atoms with Gasteiger partial charge in [0, 0.05) is 36.1 Å². The van der Waals surface area contributed by atoms with E-state index < -0.39 is 0 Å². The lowest BCUT2D eigenvalue weighted by molar-refractivity contribution is -0.139. The van der Waals surface area contributed by atoms with Crippen molar-refractivity contribution in [1.82, 2.24) is 4.90 Å². The number of benzene rings is 1. The monoisotopic (exact) mass is 345 g/mol. The summed E-state index contributed by atoms with van der Waals surface area (Å²) in [5.74, 6) is 1.11. The van der Waals surface area contributed by atoms with E-state index in [1.807, 2.05) is 35.2 Å². The van der Waals surface area contributed by atoms with Crippen LogP contribution in [0.15, 0.2) is 41.8 Å². The number of carbonyl (C=O) groups excluding carboxylic acids is 1. The van der Waals surface area contributed by atoms with Crippen molar-refractivity contribution in [2.45, 2.75) is 25.9 Å². The minimum absolute atomic E-state index is 0.0634. The van der Waals surface area contributed by atoms with Gasteiger partial charge in [-0.2, -0.15) is 0 Å². The molecule has 3 rings (SSSR count). The molecule has 0 N–H and O–H groups in total. The summed E-state index contributed by atoms with van der Waals surface area (Å²) in [5, 5.41) is 2.05. The summed E-state index contributed by atoms with van der Waals surface area (Å²) in [6, 6.07) is 12.0. The second-order valence-corrected chi connectivity index (χ2v) is 7.00. The van der Waals surface area contributed by atoms with Crippen LogP contribution in [0.5, 0.6) is 5.75 Å². The standard InChI is InChI=1S/C19H23NO3S/c1-22-18-7-3-2-5-16(18)13-20(14-17-6-4-12-24-17)19(21)15-8-10-23-11-9-15/h2-7,12,15H,8-11,13-14H2,1H3. The zero-order valence-corrected chi connectivity index (χ0v) is 14.8. The molecule has 0 atom stereocenters. The van der Waals surface area contributed by atoms with E-state index in [0.29, 0.717) is 26.3 Å². The average molecular weight is 345 g/mol. The Morgan fingerprint density at radius 1 is 1.21 bits per heavy atom. The lowest BCUT2D eigenvalue weighted by atomic mass is 9.98. The van der Waals surface area contributed by atoms with Gasteiger partial charge in [-0.15, -0.1) is 11.3 Å². The van der Waals surface area contributed by atoms with E-state index in [0.717, 1.165) is 24.2 Å². The van der Waals surface area contributed by atoms with Crippen molar-refractivity contribution in [3.8, 4) is 5.75 Å². The van der Waals surface area contributed by atoms with Crippen molar-refractivity contribution in [1.29, 1.82) is 0 Å². The molecule has 0 saturated carbocycles. The molecule has 0 aliphatic carbocycles. The van der Waals surface area contributed by atoms with E-state index in [4.69, 9.17) is 9.47 Å². The molecule has 1 aliphatic rings. The van der Waals surface area contributed by atoms with E-state index in [1.54, 1.807) is 18.4 Å². The van der Waals surface area contributed by atoms with Crippen molar-refractivity contribution < 1.29 is 14.3 Å². The topological polar surface area (TPSA) is 38.8 Å². The van der Waals surface area contributed by atoms with Gasteiger partial charge < -0.3 is 14.4 Å². The van der Waals surface area contributed by atoms with E-state index in [9.17, 15) is 4.79 Å². The van der Waals surface area contributed by atoms with Gasteiger partial charge in [0.1, 0.15) is 5.75 Å². The maximum absolute atomic E-state index is 13.1. The number of rotatable bonds is 6. The number of hydrogen-bond acceptors (Lipinski definition) is 4. The third-order valence-electron chi connectivity index (χ3n) is 4.36. The number of nitrogens with zero attached hydrogens (tertiary/aromatic N) is 1. The molecule has 24 heavy (non-hydrogen) atoms. The van der Waals surface area contributed by atoms with Gasteiger partial charge in [-0.1, -0.05) is 24.3 Å². The first-order valence-electron chi connectivity index (χ1n) is 8.28. The number of thiophene rings is 1. The predicted molar refractivity (Wildman–Crippen MR) is 95.1 cm³/mol. The van der Waals surface area contributed by atoms with Crippen LogP contribution in [0, 0.1) is 5.92 Å². The normalized spacial score (nSPS) is 15.2. The van der Waals surface area contributed by atoms with Crippen LogP contribution in [0.2, 0.25) is 0 Å². The molecule has 128 valence electrons. The second kappa shape index (κ2) is 8.31. The molecule has 1 saturated heterocycles. The van der Waals surface area contributed by atoms with Gasteiger partial charge in [0.2, 0.25) is 5.91 Å². The van der Waals surface area contributed by atoms with Crippen molar-refractivity contribution in [3.63, 3.8) is 0 Å². The number of ether oxygens (including phenoxy) is 2. The van der Waals surface area contributed by atoms with Gasteiger partial charge in [-0.25, -0.2) is 0 Å². The quantitative estimate of drug-likeness (QED) is 0.801. The molecule has 1 aromatic carbocycles. The van der Waals surface area contributed by atoms with Crippen LogP contribution < -0.4 is 4.74 Å². The highest BCUT2D eigenvalue weighted by Gasteiger charge is 2.27. The molecular weight excluding hydrogens is 322 g/mol. The molecule has 4 nitrogen and oxygen atoms in total. The molecule has 0 spiro atoms. The third-order valence-corrected chi connectivity index (χ3v) is 5.22. The first kappa shape index (κ1) is 17.0. The van der Waals surface area contributed by atoms with Crippen LogP contribution in [-0.4, -0.2) is 31.1 Å². The van der Waals surface area contributed by atoms with Gasteiger partial charge in [0.05, 0.1) is 13.7 Å². The highest BCUT2D eigenvalue weighted by atomic mass is 32.1. The van der Waals surface area contributed by atoms with Gasteiger partial charge >= 0.3 is 0 Å². The summed E-state index contributed by atoms with van der Waals surface area (Å²) in [6.45, 7) is 2.57. The van der Waals surface area contributed by atoms with E-state index in [2.05, 4.69) is 11.4 Å². The largest absolute Gasteiger partial charge is 0.496 e. The smallest absolute Gasteiger partial charge is 0.226 e. The highest BCUT2D eigenvalue weighted by molar-refractivity contribution is 7.09. The van der Waals surface area contributed by atoms with Crippen LogP contribution >= 0.6 is 11.3 Å². The molecule has 2 aromatic rings. The molecule has 1 aromatic heterocycles. The molecule has 1 aliphatic heterocycles. The first-order chi connectivity index (χ1) is 11.8. The lowest BCUT2D eigenvalue weighted by Gasteiger charge is -2.29. The maximum atomic E-state index is 13.1. The van der Waals surface area contributed by atoms with Gasteiger partial charge in [0.15, 0.2) is 0 Å². The lowest BCUT2D eigenvalue weighted by Crippen LogP contribution is -2.37. The average Bonchev–Trinajstić information content (AvgIpc) is 3.15. The van der Waals surface area contributed by atoms with Crippen LogP contribution in [0.25, 0.3) is 0 Å². The number of methoxy groups -OCH3 is 1. The summed E-state index contributed by atoms with van der Waals surface area (Å²) in [4.78, 5) is 16.2. The number of para-hydroxylation sites is 1. The zero-order valence-electron chi connectivity index (χ0n) is 13.9. The van der Waals surface area contributed by atoms with Gasteiger partial charge in [-0.3, -0.25) is 4.79 Å².